The average molecular weight is 484 g/mol. The van der Waals surface area contributed by atoms with E-state index in [4.69, 9.17) is 9.84 Å². The Morgan fingerprint density at radius 3 is 2.26 bits per heavy atom. The topological polar surface area (TPSA) is 123 Å². The molecule has 0 radical (unpaired) electrons. The van der Waals surface area contributed by atoms with E-state index in [2.05, 4.69) is 10.4 Å². The number of hydrogen-bond donors (Lipinski definition) is 3. The number of nitrogens with one attached hydrogen (secondary N) is 2. The lowest BCUT2D eigenvalue weighted by Gasteiger charge is -2.15. The van der Waals surface area contributed by atoms with Gasteiger partial charge in [-0.15, -0.1) is 0 Å². The number of carbonyl (C=O) groups excluding carboxylic acids is 2. The highest BCUT2D eigenvalue weighted by molar-refractivity contribution is 5.94. The smallest absolute Gasteiger partial charge is 0.407 e. The third-order valence-corrected chi connectivity index (χ3v) is 5.78. The first-order valence-electron chi connectivity index (χ1n) is 10.7. The van der Waals surface area contributed by atoms with Crippen molar-refractivity contribution in [3.63, 3.8) is 0 Å². The third kappa shape index (κ3) is 4.84. The minimum atomic E-state index is -4.12. The number of rotatable bonds is 8. The molecule has 11 heteroatoms. The molecule has 4 rings (SSSR count). The number of aliphatic carboxylic acids is 1. The molecule has 3 aromatic rings. The number of carboxylic acids is 1. The number of amides is 2. The van der Waals surface area contributed by atoms with Crippen LogP contribution in [0.1, 0.15) is 33.1 Å². The molecular formula is C24H22F2N4O5. The maximum absolute atomic E-state index is 13.3. The summed E-state index contributed by atoms with van der Waals surface area (Å²) in [6.07, 6.45) is 0.577. The molecule has 0 atom stereocenters. The second kappa shape index (κ2) is 9.53. The van der Waals surface area contributed by atoms with Crippen LogP contribution in [0.4, 0.5) is 13.6 Å². The van der Waals surface area contributed by atoms with E-state index in [1.165, 1.54) is 13.2 Å². The van der Waals surface area contributed by atoms with Crippen molar-refractivity contribution in [2.45, 2.75) is 18.4 Å². The molecule has 0 unspecified atom stereocenters. The molecule has 1 heterocycles. The largest absolute Gasteiger partial charge is 0.477 e. The van der Waals surface area contributed by atoms with E-state index in [9.17, 15) is 23.2 Å². The minimum Gasteiger partial charge on any atom is -0.477 e. The Morgan fingerprint density at radius 2 is 1.66 bits per heavy atom. The second-order valence-corrected chi connectivity index (χ2v) is 8.01. The first-order chi connectivity index (χ1) is 16.7. The molecular weight excluding hydrogens is 462 g/mol. The van der Waals surface area contributed by atoms with Gasteiger partial charge in [-0.3, -0.25) is 9.48 Å². The predicted molar refractivity (Wildman–Crippen MR) is 120 cm³/mol. The van der Waals surface area contributed by atoms with Crippen molar-refractivity contribution in [2.24, 2.45) is 7.05 Å². The predicted octanol–water partition coefficient (Wildman–Crippen LogP) is 2.91. The molecule has 2 amide bonds. The van der Waals surface area contributed by atoms with E-state index >= 15 is 0 Å². The van der Waals surface area contributed by atoms with Crippen LogP contribution in [-0.2, 0) is 23.1 Å². The fraction of sp³-hybridized carbons (Fsp3) is 0.250. The van der Waals surface area contributed by atoms with Gasteiger partial charge in [0.2, 0.25) is 0 Å². The Kier molecular flexibility index (Phi) is 6.50. The Balaban J connectivity index is 1.36. The van der Waals surface area contributed by atoms with Crippen LogP contribution in [0.5, 0.6) is 0 Å². The zero-order valence-corrected chi connectivity index (χ0v) is 18.6. The zero-order chi connectivity index (χ0) is 25.2. The highest BCUT2D eigenvalue weighted by atomic mass is 19.3. The maximum atomic E-state index is 13.3. The summed E-state index contributed by atoms with van der Waals surface area (Å²) in [6.45, 7) is -1.43. The van der Waals surface area contributed by atoms with Gasteiger partial charge in [-0.25, -0.2) is 9.59 Å². The van der Waals surface area contributed by atoms with Gasteiger partial charge in [-0.1, -0.05) is 48.5 Å². The first kappa shape index (κ1) is 23.9. The number of nitrogens with zero attached hydrogens (tertiary/aromatic N) is 2. The standard InChI is InChI=1S/C24H22F2N4O5/c1-30-20(21(31)28-13-24(25,26)22(32)33)14(11-29-30)10-27-23(34)35-12-19-17-8-4-2-6-15(17)16-7-3-5-9-18(16)19/h2-9,11,19H,10,12-13H2,1H3,(H,27,34)(H,28,31)(H,32,33). The number of carboxylic acid groups (broad SMARTS) is 1. The molecule has 2 aromatic carbocycles. The van der Waals surface area contributed by atoms with E-state index < -0.39 is 30.4 Å². The van der Waals surface area contributed by atoms with Crippen molar-refractivity contribution >= 4 is 18.0 Å². The SMILES string of the molecule is Cn1ncc(CNC(=O)OCC2c3ccccc3-c3ccccc32)c1C(=O)NCC(F)(F)C(=O)O. The Bertz CT molecular complexity index is 1240. The van der Waals surface area contributed by atoms with Gasteiger partial charge in [-0.2, -0.15) is 13.9 Å². The molecule has 0 bridgehead atoms. The van der Waals surface area contributed by atoms with Crippen LogP contribution in [-0.4, -0.2) is 51.9 Å². The van der Waals surface area contributed by atoms with Crippen molar-refractivity contribution < 1.29 is 33.0 Å². The number of alkyl halides is 2. The fourth-order valence-corrected chi connectivity index (χ4v) is 4.07. The summed E-state index contributed by atoms with van der Waals surface area (Å²) in [4.78, 5) is 35.3. The van der Waals surface area contributed by atoms with Crippen LogP contribution in [0, 0.1) is 0 Å². The fourth-order valence-electron chi connectivity index (χ4n) is 4.07. The van der Waals surface area contributed by atoms with Gasteiger partial charge >= 0.3 is 18.0 Å². The number of aryl methyl sites for hydroxylation is 1. The molecule has 3 N–H and O–H groups in total. The number of halogens is 2. The van der Waals surface area contributed by atoms with Gasteiger partial charge < -0.3 is 20.5 Å². The highest BCUT2D eigenvalue weighted by Crippen LogP contribution is 2.44. The van der Waals surface area contributed by atoms with Crippen LogP contribution < -0.4 is 10.6 Å². The van der Waals surface area contributed by atoms with Crippen molar-refractivity contribution in [3.8, 4) is 11.1 Å². The van der Waals surface area contributed by atoms with Gasteiger partial charge in [0.25, 0.3) is 5.91 Å². The Morgan fingerprint density at radius 1 is 1.06 bits per heavy atom. The van der Waals surface area contributed by atoms with Crippen molar-refractivity contribution in [1.29, 1.82) is 0 Å². The quantitative estimate of drug-likeness (QED) is 0.452. The summed E-state index contributed by atoms with van der Waals surface area (Å²) in [7, 11) is 1.42. The molecule has 1 aliphatic carbocycles. The van der Waals surface area contributed by atoms with Gasteiger partial charge in [0.15, 0.2) is 0 Å². The summed E-state index contributed by atoms with van der Waals surface area (Å²) in [5.41, 5.74) is 4.47. The number of alkyl carbamates (subject to hydrolysis) is 1. The highest BCUT2D eigenvalue weighted by Gasteiger charge is 2.39. The van der Waals surface area contributed by atoms with Gasteiger partial charge in [0, 0.05) is 18.5 Å². The van der Waals surface area contributed by atoms with Crippen LogP contribution >= 0.6 is 0 Å². The second-order valence-electron chi connectivity index (χ2n) is 8.01. The number of carbonyl (C=O) groups is 3. The summed E-state index contributed by atoms with van der Waals surface area (Å²) in [5.74, 6) is -7.53. The number of fused-ring (bicyclic) bond motifs is 3. The molecule has 182 valence electrons. The third-order valence-electron chi connectivity index (χ3n) is 5.78. The molecule has 9 nitrogen and oxygen atoms in total. The number of hydrogen-bond acceptors (Lipinski definition) is 5. The van der Waals surface area contributed by atoms with Crippen LogP contribution in [0.15, 0.2) is 54.7 Å². The molecule has 0 saturated heterocycles. The molecule has 0 spiro atoms. The van der Waals surface area contributed by atoms with E-state index in [1.807, 2.05) is 53.8 Å². The van der Waals surface area contributed by atoms with E-state index in [-0.39, 0.29) is 30.3 Å². The molecule has 35 heavy (non-hydrogen) atoms. The van der Waals surface area contributed by atoms with Crippen LogP contribution in [0.3, 0.4) is 0 Å². The van der Waals surface area contributed by atoms with Gasteiger partial charge in [-0.05, 0) is 22.3 Å². The average Bonchev–Trinajstić information content (AvgIpc) is 3.37. The van der Waals surface area contributed by atoms with Crippen LogP contribution in [0.25, 0.3) is 11.1 Å². The van der Waals surface area contributed by atoms with E-state index in [1.54, 1.807) is 0 Å². The normalized spacial score (nSPS) is 12.5. The maximum Gasteiger partial charge on any atom is 0.407 e. The molecule has 0 aliphatic heterocycles. The molecule has 1 aliphatic rings. The summed E-state index contributed by atoms with van der Waals surface area (Å²) in [5, 5.41) is 16.8. The van der Waals surface area contributed by atoms with Crippen molar-refractivity contribution in [1.82, 2.24) is 20.4 Å². The van der Waals surface area contributed by atoms with Gasteiger partial charge in [0.05, 0.1) is 19.3 Å². The summed E-state index contributed by atoms with van der Waals surface area (Å²) >= 11 is 0. The lowest BCUT2D eigenvalue weighted by atomic mass is 9.98. The monoisotopic (exact) mass is 484 g/mol. The lowest BCUT2D eigenvalue weighted by molar-refractivity contribution is -0.163. The minimum absolute atomic E-state index is 0.0925. The van der Waals surface area contributed by atoms with Crippen molar-refractivity contribution in [3.05, 3.63) is 77.1 Å². The van der Waals surface area contributed by atoms with E-state index in [0.29, 0.717) is 0 Å². The van der Waals surface area contributed by atoms with Crippen molar-refractivity contribution in [2.75, 3.05) is 13.2 Å². The van der Waals surface area contributed by atoms with Gasteiger partial charge in [0.1, 0.15) is 12.3 Å². The number of aromatic nitrogens is 2. The summed E-state index contributed by atoms with van der Waals surface area (Å²) in [6, 6.07) is 15.8. The first-order valence-corrected chi connectivity index (χ1v) is 10.7. The van der Waals surface area contributed by atoms with Crippen LogP contribution in [0.2, 0.25) is 0 Å². The van der Waals surface area contributed by atoms with E-state index in [0.717, 1.165) is 26.9 Å². The molecule has 0 fully saturated rings. The Labute approximate surface area is 198 Å². The molecule has 1 aromatic heterocycles. The molecule has 0 saturated carbocycles. The zero-order valence-electron chi connectivity index (χ0n) is 18.6. The number of benzene rings is 2. The lowest BCUT2D eigenvalue weighted by Crippen LogP contribution is -2.42. The Hall–Kier alpha value is -4.28. The summed E-state index contributed by atoms with van der Waals surface area (Å²) < 4.78 is 33.2. The number of ether oxygens (including phenoxy) is 1.